The molecule has 0 fully saturated rings. The number of hydrogen-bond acceptors (Lipinski definition) is 3. The van der Waals surface area contributed by atoms with Gasteiger partial charge in [-0.2, -0.15) is 0 Å². The fourth-order valence-corrected chi connectivity index (χ4v) is 2.61. The molecule has 0 heterocycles. The quantitative estimate of drug-likeness (QED) is 0.905. The van der Waals surface area contributed by atoms with Crippen LogP contribution in [0.4, 0.5) is 8.78 Å². The van der Waals surface area contributed by atoms with Crippen molar-refractivity contribution in [3.05, 3.63) is 57.6 Å². The highest BCUT2D eigenvalue weighted by Gasteiger charge is 2.20. The van der Waals surface area contributed by atoms with Gasteiger partial charge in [0.05, 0.1) is 20.3 Å². The van der Waals surface area contributed by atoms with Crippen LogP contribution in [0.1, 0.15) is 17.2 Å². The highest BCUT2D eigenvalue weighted by atomic mass is 79.9. The molecule has 3 nitrogen and oxygen atoms in total. The Balaban J connectivity index is 2.53. The van der Waals surface area contributed by atoms with Crippen LogP contribution in [0.2, 0.25) is 0 Å². The van der Waals surface area contributed by atoms with Crippen molar-refractivity contribution < 1.29 is 18.3 Å². The topological polar surface area (TPSA) is 44.5 Å². The van der Waals surface area contributed by atoms with Crippen molar-refractivity contribution in [2.24, 2.45) is 5.73 Å². The van der Waals surface area contributed by atoms with Crippen molar-refractivity contribution in [1.82, 2.24) is 0 Å². The van der Waals surface area contributed by atoms with Crippen LogP contribution in [-0.2, 0) is 0 Å². The summed E-state index contributed by atoms with van der Waals surface area (Å²) in [5.41, 5.74) is 6.71. The summed E-state index contributed by atoms with van der Waals surface area (Å²) in [7, 11) is 3.00. The molecule has 1 unspecified atom stereocenters. The molecule has 0 bridgehead atoms. The van der Waals surface area contributed by atoms with Crippen LogP contribution in [-0.4, -0.2) is 14.2 Å². The first-order valence-corrected chi connectivity index (χ1v) is 6.89. The van der Waals surface area contributed by atoms with E-state index in [1.54, 1.807) is 12.1 Å². The van der Waals surface area contributed by atoms with Gasteiger partial charge in [0.2, 0.25) is 0 Å². The van der Waals surface area contributed by atoms with Gasteiger partial charge in [-0.05, 0) is 23.8 Å². The minimum atomic E-state index is -0.952. The van der Waals surface area contributed by atoms with Crippen LogP contribution in [0.3, 0.4) is 0 Å². The summed E-state index contributed by atoms with van der Waals surface area (Å²) in [5.74, 6) is -0.908. The standard InChI is InChI=1S/C15H14BrF2NO2/c1-20-12-6-9(10(16)7-13(12)21-2)15(19)8-4-3-5-11(17)14(8)18/h3-7,15H,19H2,1-2H3. The highest BCUT2D eigenvalue weighted by molar-refractivity contribution is 9.10. The number of benzene rings is 2. The van der Waals surface area contributed by atoms with E-state index >= 15 is 0 Å². The average molecular weight is 358 g/mol. The van der Waals surface area contributed by atoms with Gasteiger partial charge < -0.3 is 15.2 Å². The van der Waals surface area contributed by atoms with Gasteiger partial charge in [-0.3, -0.25) is 0 Å². The molecule has 0 aliphatic rings. The Hall–Kier alpha value is -1.66. The molecular weight excluding hydrogens is 344 g/mol. The van der Waals surface area contributed by atoms with E-state index in [9.17, 15) is 8.78 Å². The average Bonchev–Trinajstić information content (AvgIpc) is 2.49. The summed E-state index contributed by atoms with van der Waals surface area (Å²) in [6, 6.07) is 6.39. The van der Waals surface area contributed by atoms with Crippen molar-refractivity contribution in [3.63, 3.8) is 0 Å². The third-order valence-electron chi connectivity index (χ3n) is 3.15. The van der Waals surface area contributed by atoms with Gasteiger partial charge in [0, 0.05) is 10.0 Å². The van der Waals surface area contributed by atoms with Gasteiger partial charge in [0.1, 0.15) is 0 Å². The van der Waals surface area contributed by atoms with Gasteiger partial charge >= 0.3 is 0 Å². The van der Waals surface area contributed by atoms with Crippen LogP contribution in [0, 0.1) is 11.6 Å². The first kappa shape index (κ1) is 15.7. The van der Waals surface area contributed by atoms with E-state index in [0.29, 0.717) is 21.5 Å². The molecule has 1 atom stereocenters. The molecule has 2 N–H and O–H groups in total. The molecule has 21 heavy (non-hydrogen) atoms. The van der Waals surface area contributed by atoms with E-state index in [1.807, 2.05) is 0 Å². The van der Waals surface area contributed by atoms with E-state index in [0.717, 1.165) is 6.07 Å². The fraction of sp³-hybridized carbons (Fsp3) is 0.200. The van der Waals surface area contributed by atoms with Crippen molar-refractivity contribution in [2.75, 3.05) is 14.2 Å². The lowest BCUT2D eigenvalue weighted by Gasteiger charge is -2.18. The summed E-state index contributed by atoms with van der Waals surface area (Å²) in [6.45, 7) is 0. The van der Waals surface area contributed by atoms with Crippen LogP contribution in [0.5, 0.6) is 11.5 Å². The van der Waals surface area contributed by atoms with Gasteiger partial charge in [-0.1, -0.05) is 28.1 Å². The normalized spacial score (nSPS) is 12.1. The van der Waals surface area contributed by atoms with Gasteiger partial charge in [0.25, 0.3) is 0 Å². The predicted octanol–water partition coefficient (Wildman–Crippen LogP) is 3.79. The van der Waals surface area contributed by atoms with Gasteiger partial charge in [-0.15, -0.1) is 0 Å². The first-order chi connectivity index (χ1) is 9.99. The molecule has 0 spiro atoms. The smallest absolute Gasteiger partial charge is 0.163 e. The second-order valence-corrected chi connectivity index (χ2v) is 5.20. The maximum absolute atomic E-state index is 13.9. The molecule has 2 aromatic carbocycles. The predicted molar refractivity (Wildman–Crippen MR) is 79.6 cm³/mol. The summed E-state index contributed by atoms with van der Waals surface area (Å²) >= 11 is 3.36. The highest BCUT2D eigenvalue weighted by Crippen LogP contribution is 2.37. The first-order valence-electron chi connectivity index (χ1n) is 6.10. The summed E-state index contributed by atoms with van der Waals surface area (Å²) < 4.78 is 38.2. The molecule has 0 aliphatic carbocycles. The van der Waals surface area contributed by atoms with Crippen LogP contribution in [0.15, 0.2) is 34.8 Å². The maximum atomic E-state index is 13.9. The van der Waals surface area contributed by atoms with Crippen LogP contribution in [0.25, 0.3) is 0 Å². The van der Waals surface area contributed by atoms with Gasteiger partial charge in [-0.25, -0.2) is 8.78 Å². The third kappa shape index (κ3) is 3.01. The van der Waals surface area contributed by atoms with Crippen molar-refractivity contribution in [3.8, 4) is 11.5 Å². The zero-order valence-electron chi connectivity index (χ0n) is 11.5. The largest absolute Gasteiger partial charge is 0.493 e. The molecule has 0 aliphatic heterocycles. The lowest BCUT2D eigenvalue weighted by molar-refractivity contribution is 0.354. The molecule has 2 aromatic rings. The monoisotopic (exact) mass is 357 g/mol. The molecule has 6 heteroatoms. The molecule has 0 amide bonds. The Morgan fingerprint density at radius 2 is 1.67 bits per heavy atom. The fourth-order valence-electron chi connectivity index (χ4n) is 2.04. The minimum Gasteiger partial charge on any atom is -0.493 e. The van der Waals surface area contributed by atoms with Crippen LogP contribution >= 0.6 is 15.9 Å². The molecule has 0 saturated carbocycles. The molecule has 0 aromatic heterocycles. The lowest BCUT2D eigenvalue weighted by Crippen LogP contribution is -2.15. The zero-order chi connectivity index (χ0) is 15.6. The van der Waals surface area contributed by atoms with E-state index < -0.39 is 17.7 Å². The number of nitrogens with two attached hydrogens (primary N) is 1. The van der Waals surface area contributed by atoms with E-state index in [-0.39, 0.29) is 5.56 Å². The maximum Gasteiger partial charge on any atom is 0.163 e. The number of hydrogen-bond donors (Lipinski definition) is 1. The second-order valence-electron chi connectivity index (χ2n) is 4.35. The molecule has 0 saturated heterocycles. The summed E-state index contributed by atoms with van der Waals surface area (Å²) in [6.07, 6.45) is 0. The summed E-state index contributed by atoms with van der Waals surface area (Å²) in [4.78, 5) is 0. The Morgan fingerprint density at radius 1 is 1.05 bits per heavy atom. The molecule has 0 radical (unpaired) electrons. The Labute approximate surface area is 129 Å². The second kappa shape index (κ2) is 6.41. The Bertz CT molecular complexity index is 664. The van der Waals surface area contributed by atoms with Crippen molar-refractivity contribution in [2.45, 2.75) is 6.04 Å². The van der Waals surface area contributed by atoms with Crippen molar-refractivity contribution >= 4 is 15.9 Å². The van der Waals surface area contributed by atoms with Crippen LogP contribution < -0.4 is 15.2 Å². The zero-order valence-corrected chi connectivity index (χ0v) is 13.1. The SMILES string of the molecule is COc1cc(Br)c(C(N)c2cccc(F)c2F)cc1OC. The number of rotatable bonds is 4. The molecule has 2 rings (SSSR count). The number of methoxy groups -OCH3 is 2. The number of ether oxygens (including phenoxy) is 2. The molecule has 112 valence electrons. The van der Waals surface area contributed by atoms with E-state index in [4.69, 9.17) is 15.2 Å². The van der Waals surface area contributed by atoms with E-state index in [1.165, 1.54) is 26.4 Å². The van der Waals surface area contributed by atoms with Crippen molar-refractivity contribution in [1.29, 1.82) is 0 Å². The minimum absolute atomic E-state index is 0.0721. The number of halogens is 3. The van der Waals surface area contributed by atoms with E-state index in [2.05, 4.69) is 15.9 Å². The Morgan fingerprint density at radius 3 is 2.29 bits per heavy atom. The summed E-state index contributed by atoms with van der Waals surface area (Å²) in [5, 5.41) is 0. The Kier molecular flexibility index (Phi) is 4.80. The van der Waals surface area contributed by atoms with Gasteiger partial charge in [0.15, 0.2) is 23.1 Å². The lowest BCUT2D eigenvalue weighted by atomic mass is 9.98. The third-order valence-corrected chi connectivity index (χ3v) is 3.84. The molecular formula is C15H14BrF2NO2.